The average molecular weight is 278 g/mol. The Labute approximate surface area is 122 Å². The molecule has 0 unspecified atom stereocenters. The first-order chi connectivity index (χ1) is 9.86. The number of benzene rings is 1. The van der Waals surface area contributed by atoms with Crippen LogP contribution in [0.1, 0.15) is 0 Å². The van der Waals surface area contributed by atoms with E-state index in [0.717, 1.165) is 0 Å². The van der Waals surface area contributed by atoms with E-state index in [1.54, 1.807) is 11.8 Å². The van der Waals surface area contributed by atoms with Crippen LogP contribution in [0.4, 0.5) is 0 Å². The average Bonchev–Trinajstić information content (AvgIpc) is 2.56. The van der Waals surface area contributed by atoms with Gasteiger partial charge in [-0.15, -0.1) is 11.8 Å². The Hall–Kier alpha value is -2.13. The fourth-order valence-electron chi connectivity index (χ4n) is 2.14. The first-order valence-corrected chi connectivity index (χ1v) is 7.59. The molecule has 0 fully saturated rings. The van der Waals surface area contributed by atoms with Crippen LogP contribution in [0.25, 0.3) is 22.3 Å². The van der Waals surface area contributed by atoms with Gasteiger partial charge in [-0.1, -0.05) is 0 Å². The predicted molar refractivity (Wildman–Crippen MR) is 84.7 cm³/mol. The van der Waals surface area contributed by atoms with Crippen LogP contribution in [0.3, 0.4) is 0 Å². The Morgan fingerprint density at radius 1 is 0.650 bits per heavy atom. The Morgan fingerprint density at radius 2 is 1.10 bits per heavy atom. The molecule has 2 aromatic heterocycles. The summed E-state index contributed by atoms with van der Waals surface area (Å²) in [5.41, 5.74) is 4.80. The highest BCUT2D eigenvalue weighted by Gasteiger charge is 2.05. The number of aromatic nitrogens is 2. The molecule has 1 aromatic carbocycles. The Bertz CT molecular complexity index is 639. The lowest BCUT2D eigenvalue weighted by Crippen LogP contribution is -1.84. The SMILES string of the molecule is CSc1cc(-c2ccncc2)cc(-c2ccncc2)c1. The molecular formula is C17H14N2S. The van der Waals surface area contributed by atoms with Crippen LogP contribution < -0.4 is 0 Å². The molecule has 3 aromatic rings. The standard InChI is InChI=1S/C17H14N2S/c1-20-17-11-15(13-2-6-18-7-3-13)10-16(12-17)14-4-8-19-9-5-14/h2-12H,1H3. The van der Waals surface area contributed by atoms with Gasteiger partial charge < -0.3 is 0 Å². The summed E-state index contributed by atoms with van der Waals surface area (Å²) in [5, 5.41) is 0. The van der Waals surface area contributed by atoms with Crippen LogP contribution in [-0.4, -0.2) is 16.2 Å². The minimum absolute atomic E-state index is 1.19. The van der Waals surface area contributed by atoms with Crippen molar-refractivity contribution >= 4 is 11.8 Å². The third-order valence-corrected chi connectivity index (χ3v) is 3.88. The molecule has 0 amide bonds. The highest BCUT2D eigenvalue weighted by molar-refractivity contribution is 7.98. The van der Waals surface area contributed by atoms with Crippen LogP contribution >= 0.6 is 11.8 Å². The fourth-order valence-corrected chi connectivity index (χ4v) is 2.63. The maximum atomic E-state index is 4.08. The van der Waals surface area contributed by atoms with E-state index in [0.29, 0.717) is 0 Å². The third kappa shape index (κ3) is 2.73. The zero-order valence-electron chi connectivity index (χ0n) is 11.2. The largest absolute Gasteiger partial charge is 0.265 e. The van der Waals surface area contributed by atoms with Gasteiger partial charge in [-0.2, -0.15) is 0 Å². The molecule has 0 atom stereocenters. The van der Waals surface area contributed by atoms with Crippen LogP contribution in [0.2, 0.25) is 0 Å². The molecule has 2 heterocycles. The van der Waals surface area contributed by atoms with Gasteiger partial charge >= 0.3 is 0 Å². The van der Waals surface area contributed by atoms with Gasteiger partial charge in [0.15, 0.2) is 0 Å². The molecule has 0 radical (unpaired) electrons. The van der Waals surface area contributed by atoms with Crippen molar-refractivity contribution in [2.24, 2.45) is 0 Å². The van der Waals surface area contributed by atoms with Gasteiger partial charge in [0.05, 0.1) is 0 Å². The zero-order valence-corrected chi connectivity index (χ0v) is 12.0. The maximum Gasteiger partial charge on any atom is 0.0273 e. The molecule has 0 spiro atoms. The number of rotatable bonds is 3. The molecular weight excluding hydrogens is 264 g/mol. The smallest absolute Gasteiger partial charge is 0.0273 e. The minimum Gasteiger partial charge on any atom is -0.265 e. The van der Waals surface area contributed by atoms with Crippen LogP contribution in [0.15, 0.2) is 72.1 Å². The van der Waals surface area contributed by atoms with E-state index in [4.69, 9.17) is 0 Å². The number of nitrogens with zero attached hydrogens (tertiary/aromatic N) is 2. The predicted octanol–water partition coefficient (Wildman–Crippen LogP) is 4.53. The summed E-state index contributed by atoms with van der Waals surface area (Å²) >= 11 is 1.76. The summed E-state index contributed by atoms with van der Waals surface area (Å²) in [6.45, 7) is 0. The van der Waals surface area contributed by atoms with Crippen molar-refractivity contribution in [1.82, 2.24) is 9.97 Å². The Kier molecular flexibility index (Phi) is 3.79. The van der Waals surface area contributed by atoms with Gasteiger partial charge in [-0.25, -0.2) is 0 Å². The normalized spacial score (nSPS) is 10.4. The summed E-state index contributed by atoms with van der Waals surface area (Å²) in [7, 11) is 0. The second kappa shape index (κ2) is 5.88. The van der Waals surface area contributed by atoms with E-state index in [9.17, 15) is 0 Å². The molecule has 0 aliphatic heterocycles. The topological polar surface area (TPSA) is 25.8 Å². The molecule has 0 bridgehead atoms. The molecule has 2 nitrogen and oxygen atoms in total. The van der Waals surface area contributed by atoms with E-state index in [1.165, 1.54) is 27.1 Å². The fraction of sp³-hybridized carbons (Fsp3) is 0.0588. The van der Waals surface area contributed by atoms with Crippen molar-refractivity contribution in [2.45, 2.75) is 4.90 Å². The molecule has 0 saturated heterocycles. The summed E-state index contributed by atoms with van der Waals surface area (Å²) in [5.74, 6) is 0. The molecule has 98 valence electrons. The highest BCUT2D eigenvalue weighted by atomic mass is 32.2. The molecule has 0 aliphatic carbocycles. The number of hydrogen-bond acceptors (Lipinski definition) is 3. The van der Waals surface area contributed by atoms with Gasteiger partial charge in [0.2, 0.25) is 0 Å². The molecule has 0 saturated carbocycles. The Balaban J connectivity index is 2.13. The molecule has 3 heteroatoms. The second-order valence-electron chi connectivity index (χ2n) is 4.42. The summed E-state index contributed by atoms with van der Waals surface area (Å²) in [6.07, 6.45) is 9.41. The first-order valence-electron chi connectivity index (χ1n) is 6.37. The minimum atomic E-state index is 1.19. The number of hydrogen-bond donors (Lipinski definition) is 0. The van der Waals surface area contributed by atoms with Crippen molar-refractivity contribution in [3.05, 3.63) is 67.3 Å². The van der Waals surface area contributed by atoms with Gasteiger partial charge in [0, 0.05) is 29.7 Å². The van der Waals surface area contributed by atoms with Crippen LogP contribution in [0, 0.1) is 0 Å². The van der Waals surface area contributed by atoms with Gasteiger partial charge in [-0.05, 0) is 71.0 Å². The van der Waals surface area contributed by atoms with Crippen LogP contribution in [-0.2, 0) is 0 Å². The van der Waals surface area contributed by atoms with E-state index >= 15 is 0 Å². The van der Waals surface area contributed by atoms with E-state index in [-0.39, 0.29) is 0 Å². The van der Waals surface area contributed by atoms with Crippen molar-refractivity contribution in [2.75, 3.05) is 6.26 Å². The molecule has 3 rings (SSSR count). The van der Waals surface area contributed by atoms with E-state index in [1.807, 2.05) is 49.1 Å². The van der Waals surface area contributed by atoms with Crippen molar-refractivity contribution < 1.29 is 0 Å². The van der Waals surface area contributed by atoms with E-state index in [2.05, 4.69) is 34.4 Å². The number of thioether (sulfide) groups is 1. The summed E-state index contributed by atoms with van der Waals surface area (Å²) in [4.78, 5) is 9.42. The van der Waals surface area contributed by atoms with Crippen molar-refractivity contribution in [1.29, 1.82) is 0 Å². The van der Waals surface area contributed by atoms with Gasteiger partial charge in [-0.3, -0.25) is 9.97 Å². The monoisotopic (exact) mass is 278 g/mol. The third-order valence-electron chi connectivity index (χ3n) is 3.17. The lowest BCUT2D eigenvalue weighted by atomic mass is 10.0. The summed E-state index contributed by atoms with van der Waals surface area (Å²) in [6, 6.07) is 14.8. The summed E-state index contributed by atoms with van der Waals surface area (Å²) < 4.78 is 0. The maximum absolute atomic E-state index is 4.08. The quantitative estimate of drug-likeness (QED) is 0.658. The zero-order chi connectivity index (χ0) is 13.8. The van der Waals surface area contributed by atoms with Gasteiger partial charge in [0.25, 0.3) is 0 Å². The van der Waals surface area contributed by atoms with E-state index < -0.39 is 0 Å². The van der Waals surface area contributed by atoms with Gasteiger partial charge in [0.1, 0.15) is 0 Å². The van der Waals surface area contributed by atoms with Crippen molar-refractivity contribution in [3.8, 4) is 22.3 Å². The number of pyridine rings is 2. The molecule has 20 heavy (non-hydrogen) atoms. The second-order valence-corrected chi connectivity index (χ2v) is 5.30. The van der Waals surface area contributed by atoms with Crippen molar-refractivity contribution in [3.63, 3.8) is 0 Å². The first kappa shape index (κ1) is 12.9. The molecule has 0 aliphatic rings. The highest BCUT2D eigenvalue weighted by Crippen LogP contribution is 2.31. The lowest BCUT2D eigenvalue weighted by molar-refractivity contribution is 1.32. The Morgan fingerprint density at radius 3 is 1.50 bits per heavy atom. The van der Waals surface area contributed by atoms with Crippen LogP contribution in [0.5, 0.6) is 0 Å². The lowest BCUT2D eigenvalue weighted by Gasteiger charge is -2.09. The molecule has 0 N–H and O–H groups in total.